The van der Waals surface area contributed by atoms with E-state index in [1.807, 2.05) is 36.7 Å². The molecule has 2 aliphatic heterocycles. The van der Waals surface area contributed by atoms with Crippen LogP contribution in [-0.2, 0) is 0 Å². The van der Waals surface area contributed by atoms with Gasteiger partial charge >= 0.3 is 0 Å². The average molecular weight is 441 g/mol. The summed E-state index contributed by atoms with van der Waals surface area (Å²) in [7, 11) is 0. The lowest BCUT2D eigenvalue weighted by molar-refractivity contribution is 0.483. The number of hydrogen-bond acceptors (Lipinski definition) is 5. The molecule has 4 N–H and O–H groups in total. The van der Waals surface area contributed by atoms with Crippen molar-refractivity contribution in [1.82, 2.24) is 30.6 Å². The van der Waals surface area contributed by atoms with Gasteiger partial charge in [-0.2, -0.15) is 0 Å². The molecule has 168 valence electrons. The van der Waals surface area contributed by atoms with Crippen molar-refractivity contribution in [2.24, 2.45) is 0 Å². The van der Waals surface area contributed by atoms with Gasteiger partial charge in [-0.25, -0.2) is 9.97 Å². The van der Waals surface area contributed by atoms with E-state index in [1.54, 1.807) is 0 Å². The molecule has 7 heteroatoms. The van der Waals surface area contributed by atoms with Crippen LogP contribution in [0.25, 0.3) is 22.5 Å². The van der Waals surface area contributed by atoms with E-state index in [2.05, 4.69) is 54.8 Å². The number of imidazole rings is 2. The van der Waals surface area contributed by atoms with Gasteiger partial charge in [-0.15, -0.1) is 0 Å². The van der Waals surface area contributed by atoms with E-state index in [0.717, 1.165) is 71.6 Å². The fourth-order valence-corrected chi connectivity index (χ4v) is 4.70. The summed E-state index contributed by atoms with van der Waals surface area (Å²) in [5.41, 5.74) is 4.25. The minimum atomic E-state index is 0.344. The molecule has 6 rings (SSSR count). The van der Waals surface area contributed by atoms with E-state index in [-0.39, 0.29) is 0 Å². The molecule has 2 aromatic heterocycles. The summed E-state index contributed by atoms with van der Waals surface area (Å²) in [4.78, 5) is 16.0. The smallest absolute Gasteiger partial charge is 0.127 e. The van der Waals surface area contributed by atoms with Gasteiger partial charge in [0.25, 0.3) is 0 Å². The van der Waals surface area contributed by atoms with Crippen LogP contribution in [0, 0.1) is 0 Å². The van der Waals surface area contributed by atoms with Gasteiger partial charge in [0.05, 0.1) is 35.9 Å². The highest BCUT2D eigenvalue weighted by atomic mass is 16.5. The molecule has 0 radical (unpaired) electrons. The molecule has 0 amide bonds. The summed E-state index contributed by atoms with van der Waals surface area (Å²) in [6, 6.07) is 16.9. The summed E-state index contributed by atoms with van der Waals surface area (Å²) < 4.78 is 6.06. The number of H-pyrrole nitrogens is 2. The minimum Gasteiger partial charge on any atom is -0.457 e. The molecule has 0 bridgehead atoms. The first-order chi connectivity index (χ1) is 16.3. The van der Waals surface area contributed by atoms with E-state index in [9.17, 15) is 0 Å². The van der Waals surface area contributed by atoms with E-state index >= 15 is 0 Å². The van der Waals surface area contributed by atoms with Crippen LogP contribution in [0.2, 0.25) is 0 Å². The summed E-state index contributed by atoms with van der Waals surface area (Å²) in [5.74, 6) is 3.65. The van der Waals surface area contributed by atoms with Crippen LogP contribution in [0.3, 0.4) is 0 Å². The third kappa shape index (κ3) is 4.29. The summed E-state index contributed by atoms with van der Waals surface area (Å²) in [6.07, 6.45) is 8.50. The number of ether oxygens (including phenoxy) is 1. The summed E-state index contributed by atoms with van der Waals surface area (Å²) in [6.45, 7) is 2.13. The highest BCUT2D eigenvalue weighted by molar-refractivity contribution is 5.61. The van der Waals surface area contributed by atoms with Crippen molar-refractivity contribution in [3.05, 3.63) is 72.6 Å². The Balaban J connectivity index is 1.11. The predicted octanol–water partition coefficient (Wildman–Crippen LogP) is 5.11. The Hall–Kier alpha value is -3.42. The van der Waals surface area contributed by atoms with Crippen LogP contribution >= 0.6 is 0 Å². The SMILES string of the molecule is c1cc(-c2cnc(C3CCCN3)[nH]2)ccc1Oc1ccc(-c2cnc(C3CCCN3)[nH]2)cc1. The van der Waals surface area contributed by atoms with Gasteiger partial charge in [0, 0.05) is 0 Å². The molecule has 2 aliphatic rings. The molecule has 0 saturated carbocycles. The molecule has 7 nitrogen and oxygen atoms in total. The van der Waals surface area contributed by atoms with Crippen molar-refractivity contribution in [1.29, 1.82) is 0 Å². The summed E-state index contributed by atoms with van der Waals surface area (Å²) >= 11 is 0. The molecule has 2 unspecified atom stereocenters. The number of nitrogens with zero attached hydrogens (tertiary/aromatic N) is 2. The molecular formula is C26H28N6O. The monoisotopic (exact) mass is 440 g/mol. The van der Waals surface area contributed by atoms with Crippen LogP contribution in [-0.4, -0.2) is 33.0 Å². The average Bonchev–Trinajstić information content (AvgIpc) is 3.66. The number of hydrogen-bond donors (Lipinski definition) is 4. The van der Waals surface area contributed by atoms with Crippen LogP contribution in [0.1, 0.15) is 49.4 Å². The molecular weight excluding hydrogens is 412 g/mol. The van der Waals surface area contributed by atoms with Crippen LogP contribution < -0.4 is 15.4 Å². The highest BCUT2D eigenvalue weighted by Gasteiger charge is 2.20. The maximum Gasteiger partial charge on any atom is 0.127 e. The lowest BCUT2D eigenvalue weighted by atomic mass is 10.1. The largest absolute Gasteiger partial charge is 0.457 e. The van der Waals surface area contributed by atoms with Crippen molar-refractivity contribution in [3.8, 4) is 34.0 Å². The van der Waals surface area contributed by atoms with Crippen LogP contribution in [0.4, 0.5) is 0 Å². The van der Waals surface area contributed by atoms with Crippen molar-refractivity contribution in [3.63, 3.8) is 0 Å². The molecule has 0 spiro atoms. The Kier molecular flexibility index (Phi) is 5.41. The van der Waals surface area contributed by atoms with Crippen molar-refractivity contribution in [2.45, 2.75) is 37.8 Å². The van der Waals surface area contributed by atoms with Gasteiger partial charge in [-0.3, -0.25) is 0 Å². The van der Waals surface area contributed by atoms with Crippen molar-refractivity contribution < 1.29 is 4.74 Å². The third-order valence-electron chi connectivity index (χ3n) is 6.54. The first-order valence-corrected chi connectivity index (χ1v) is 11.8. The number of aromatic amines is 2. The van der Waals surface area contributed by atoms with E-state index < -0.39 is 0 Å². The van der Waals surface area contributed by atoms with E-state index in [0.29, 0.717) is 12.1 Å². The Morgan fingerprint density at radius 2 is 1.09 bits per heavy atom. The Morgan fingerprint density at radius 1 is 0.636 bits per heavy atom. The standard InChI is InChI=1S/C26H28N6O/c1-3-21(27-13-1)25-29-15-23(31-25)17-5-9-19(10-6-17)33-20-11-7-18(8-12-20)24-16-30-26(32-24)22-4-2-14-28-22/h5-12,15-16,21-22,27-28H,1-4,13-14H2,(H,29,31)(H,30,32). The number of benzene rings is 2. The lowest BCUT2D eigenvalue weighted by Crippen LogP contribution is -2.14. The molecule has 4 heterocycles. The first kappa shape index (κ1) is 20.2. The van der Waals surface area contributed by atoms with Crippen molar-refractivity contribution >= 4 is 0 Å². The zero-order chi connectivity index (χ0) is 22.0. The fraction of sp³-hybridized carbons (Fsp3) is 0.308. The number of rotatable bonds is 6. The van der Waals surface area contributed by atoms with E-state index in [1.165, 1.54) is 12.8 Å². The van der Waals surface area contributed by atoms with E-state index in [4.69, 9.17) is 4.74 Å². The maximum absolute atomic E-state index is 6.06. The Bertz CT molecular complexity index is 1100. The fourth-order valence-electron chi connectivity index (χ4n) is 4.70. The predicted molar refractivity (Wildman–Crippen MR) is 128 cm³/mol. The molecule has 2 saturated heterocycles. The second-order valence-electron chi connectivity index (χ2n) is 8.81. The molecule has 4 aromatic rings. The second kappa shape index (κ2) is 8.84. The maximum atomic E-state index is 6.06. The summed E-state index contributed by atoms with van der Waals surface area (Å²) in [5, 5.41) is 6.96. The Morgan fingerprint density at radius 3 is 1.48 bits per heavy atom. The lowest BCUT2D eigenvalue weighted by Gasteiger charge is -2.08. The van der Waals surface area contributed by atoms with Crippen LogP contribution in [0.5, 0.6) is 11.5 Å². The zero-order valence-corrected chi connectivity index (χ0v) is 18.5. The second-order valence-corrected chi connectivity index (χ2v) is 8.81. The van der Waals surface area contributed by atoms with Gasteiger partial charge < -0.3 is 25.3 Å². The van der Waals surface area contributed by atoms with Crippen molar-refractivity contribution in [2.75, 3.05) is 13.1 Å². The normalized spacial score (nSPS) is 20.4. The first-order valence-electron chi connectivity index (χ1n) is 11.8. The molecule has 2 atom stereocenters. The van der Waals surface area contributed by atoms with Gasteiger partial charge in [-0.1, -0.05) is 0 Å². The van der Waals surface area contributed by atoms with Gasteiger partial charge in [0.15, 0.2) is 0 Å². The molecule has 2 fully saturated rings. The molecule has 0 aliphatic carbocycles. The highest BCUT2D eigenvalue weighted by Crippen LogP contribution is 2.29. The molecule has 33 heavy (non-hydrogen) atoms. The minimum absolute atomic E-state index is 0.344. The number of nitrogens with one attached hydrogen (secondary N) is 4. The molecule has 2 aromatic carbocycles. The topological polar surface area (TPSA) is 90.7 Å². The quantitative estimate of drug-likeness (QED) is 0.335. The van der Waals surface area contributed by atoms with Gasteiger partial charge in [0.1, 0.15) is 23.1 Å². The Labute approximate surface area is 193 Å². The van der Waals surface area contributed by atoms with Crippen LogP contribution in [0.15, 0.2) is 60.9 Å². The van der Waals surface area contributed by atoms with Gasteiger partial charge in [0.2, 0.25) is 0 Å². The van der Waals surface area contributed by atoms with Gasteiger partial charge in [-0.05, 0) is 98.4 Å². The zero-order valence-electron chi connectivity index (χ0n) is 18.5. The third-order valence-corrected chi connectivity index (χ3v) is 6.54. The number of aromatic nitrogens is 4.